The molecule has 1 N–H and O–H groups in total. The van der Waals surface area contributed by atoms with Crippen LogP contribution >= 0.6 is 0 Å². The average Bonchev–Trinajstić information content (AvgIpc) is 3.39. The summed E-state index contributed by atoms with van der Waals surface area (Å²) in [6, 6.07) is 8.33. The Morgan fingerprint density at radius 3 is 2.24 bits per heavy atom. The summed E-state index contributed by atoms with van der Waals surface area (Å²) in [6.07, 6.45) is 3.38. The van der Waals surface area contributed by atoms with Crippen molar-refractivity contribution in [3.05, 3.63) is 41.1 Å². The molecular weight excluding hydrogens is 330 g/mol. The molecule has 0 bridgehead atoms. The highest BCUT2D eigenvalue weighted by Crippen LogP contribution is 2.41. The van der Waals surface area contributed by atoms with Crippen molar-refractivity contribution in [3.8, 4) is 5.75 Å². The fourth-order valence-corrected chi connectivity index (χ4v) is 3.61. The number of benzene rings is 1. The monoisotopic (exact) mass is 363 g/mol. The lowest BCUT2D eigenvalue weighted by Gasteiger charge is -2.28. The number of nitrogens with one attached hydrogen (secondary N) is 1. The van der Waals surface area contributed by atoms with Gasteiger partial charge in [-0.05, 0) is 62.8 Å². The van der Waals surface area contributed by atoms with Gasteiger partial charge in [0.1, 0.15) is 5.75 Å². The molecule has 2 aliphatic carbocycles. The van der Waals surface area contributed by atoms with Gasteiger partial charge in [-0.2, -0.15) is 0 Å². The van der Waals surface area contributed by atoms with Crippen LogP contribution in [0.3, 0.4) is 0 Å². The molecule has 140 valence electrons. The van der Waals surface area contributed by atoms with Gasteiger partial charge in [-0.3, -0.25) is 0 Å². The Hall–Kier alpha value is -1.35. The van der Waals surface area contributed by atoms with Crippen LogP contribution < -0.4 is 9.46 Å². The van der Waals surface area contributed by atoms with Gasteiger partial charge < -0.3 is 4.74 Å². The lowest BCUT2D eigenvalue weighted by atomic mass is 9.86. The average molecular weight is 364 g/mol. The van der Waals surface area contributed by atoms with Gasteiger partial charge in [-0.25, -0.2) is 8.93 Å². The van der Waals surface area contributed by atoms with Crippen molar-refractivity contribution in [1.29, 1.82) is 0 Å². The summed E-state index contributed by atoms with van der Waals surface area (Å²) < 4.78 is 20.7. The fraction of sp³-hybridized carbons (Fsp3) is 0.571. The van der Waals surface area contributed by atoms with Crippen molar-refractivity contribution in [2.75, 3.05) is 7.11 Å². The second-order valence-electron chi connectivity index (χ2n) is 7.35. The summed E-state index contributed by atoms with van der Waals surface area (Å²) in [4.78, 5) is 0. The maximum absolute atomic E-state index is 12.4. The van der Waals surface area contributed by atoms with E-state index in [-0.39, 0.29) is 12.2 Å². The molecule has 2 unspecified atom stereocenters. The van der Waals surface area contributed by atoms with Crippen molar-refractivity contribution in [2.45, 2.75) is 64.7 Å². The lowest BCUT2D eigenvalue weighted by molar-refractivity contribution is 0.415. The third kappa shape index (κ3) is 5.07. The van der Waals surface area contributed by atoms with Crippen LogP contribution in [0.4, 0.5) is 0 Å². The molecule has 4 heteroatoms. The van der Waals surface area contributed by atoms with E-state index in [9.17, 15) is 4.21 Å². The van der Waals surface area contributed by atoms with Crippen molar-refractivity contribution in [3.63, 3.8) is 0 Å². The second-order valence-corrected chi connectivity index (χ2v) is 9.35. The van der Waals surface area contributed by atoms with E-state index in [0.29, 0.717) is 5.92 Å². The van der Waals surface area contributed by atoms with E-state index >= 15 is 0 Å². The first kappa shape index (κ1) is 20.0. The summed E-state index contributed by atoms with van der Waals surface area (Å²) >= 11 is 0. The highest BCUT2D eigenvalue weighted by Gasteiger charge is 2.38. The van der Waals surface area contributed by atoms with Crippen molar-refractivity contribution in [1.82, 2.24) is 4.72 Å². The predicted molar refractivity (Wildman–Crippen MR) is 109 cm³/mol. The van der Waals surface area contributed by atoms with Crippen LogP contribution in [0.2, 0.25) is 0 Å². The first-order valence-corrected chi connectivity index (χ1v) is 10.3. The van der Waals surface area contributed by atoms with Gasteiger partial charge in [0.2, 0.25) is 0 Å². The Kier molecular flexibility index (Phi) is 6.67. The topological polar surface area (TPSA) is 38.3 Å². The first-order chi connectivity index (χ1) is 11.9. The summed E-state index contributed by atoms with van der Waals surface area (Å²) in [7, 11) is 0.644. The summed E-state index contributed by atoms with van der Waals surface area (Å²) in [5.74, 6) is 1.50. The molecule has 3 rings (SSSR count). The van der Waals surface area contributed by atoms with Gasteiger partial charge in [0.25, 0.3) is 0 Å². The third-order valence-electron chi connectivity index (χ3n) is 4.38. The fourth-order valence-electron chi connectivity index (χ4n) is 2.69. The standard InChI is InChI=1S/C19H25NO2S.C2H6.H2/c1-19(2,3)23(21)20-18(14-5-6-14)16-11-15(12-16)13-7-9-17(22-4)10-8-13;1-2;/h7-10,14,18,20H,5-6,11H2,1-4H3;1-2H3;1H. The molecule has 1 fully saturated rings. The van der Waals surface area contributed by atoms with E-state index in [4.69, 9.17) is 4.74 Å². The maximum Gasteiger partial charge on any atom is 0.118 e. The van der Waals surface area contributed by atoms with E-state index in [2.05, 4.69) is 22.6 Å². The molecule has 0 heterocycles. The van der Waals surface area contributed by atoms with Crippen LogP contribution in [0.25, 0.3) is 5.57 Å². The Bertz CT molecular complexity index is 681. The van der Waals surface area contributed by atoms with Crippen molar-refractivity contribution < 1.29 is 10.4 Å². The molecule has 0 spiro atoms. The molecule has 0 saturated heterocycles. The Balaban J connectivity index is 0.00000109. The Labute approximate surface area is 156 Å². The largest absolute Gasteiger partial charge is 0.497 e. The highest BCUT2D eigenvalue weighted by atomic mass is 32.2. The van der Waals surface area contributed by atoms with Gasteiger partial charge in [0, 0.05) is 13.4 Å². The van der Waals surface area contributed by atoms with Gasteiger partial charge in [0.15, 0.2) is 0 Å². The number of hydrogen-bond acceptors (Lipinski definition) is 2. The molecule has 25 heavy (non-hydrogen) atoms. The molecular formula is C21H33NO2S. The van der Waals surface area contributed by atoms with Crippen molar-refractivity contribution in [2.24, 2.45) is 5.92 Å². The molecule has 1 saturated carbocycles. The van der Waals surface area contributed by atoms with Crippen LogP contribution in [-0.4, -0.2) is 22.1 Å². The van der Waals surface area contributed by atoms with E-state index in [1.165, 1.54) is 29.6 Å². The predicted octanol–water partition coefficient (Wildman–Crippen LogP) is 5.11. The molecule has 0 radical (unpaired) electrons. The second kappa shape index (κ2) is 8.35. The zero-order valence-corrected chi connectivity index (χ0v) is 17.1. The normalized spacial score (nSPS) is 18.8. The van der Waals surface area contributed by atoms with Gasteiger partial charge in [-0.15, -0.1) is 5.73 Å². The smallest absolute Gasteiger partial charge is 0.118 e. The molecule has 2 atom stereocenters. The van der Waals surface area contributed by atoms with Crippen LogP contribution in [0.15, 0.2) is 35.6 Å². The summed E-state index contributed by atoms with van der Waals surface area (Å²) in [5.41, 5.74) is 7.21. The summed E-state index contributed by atoms with van der Waals surface area (Å²) in [5, 5.41) is 0. The van der Waals surface area contributed by atoms with Gasteiger partial charge in [-0.1, -0.05) is 26.0 Å². The van der Waals surface area contributed by atoms with E-state index in [0.717, 1.165) is 12.2 Å². The number of ether oxygens (including phenoxy) is 1. The maximum atomic E-state index is 12.4. The van der Waals surface area contributed by atoms with E-state index < -0.39 is 11.0 Å². The summed E-state index contributed by atoms with van der Waals surface area (Å²) in [6.45, 7) is 10.0. The Morgan fingerprint density at radius 2 is 1.80 bits per heavy atom. The molecule has 1 aromatic carbocycles. The zero-order valence-electron chi connectivity index (χ0n) is 16.3. The zero-order chi connectivity index (χ0) is 18.6. The number of hydrogen-bond donors (Lipinski definition) is 1. The van der Waals surface area contributed by atoms with E-state index in [1.807, 2.05) is 46.8 Å². The molecule has 0 aromatic heterocycles. The SMILES string of the molecule is CC.COc1ccc(C2=C=C(C(NS(=O)C(C)(C)C)C3CC3)C2)cc1.[HH]. The Morgan fingerprint density at radius 1 is 1.24 bits per heavy atom. The van der Waals surface area contributed by atoms with Crippen LogP contribution in [0.5, 0.6) is 5.75 Å². The molecule has 0 amide bonds. The number of rotatable bonds is 6. The van der Waals surface area contributed by atoms with Gasteiger partial charge >= 0.3 is 0 Å². The van der Waals surface area contributed by atoms with Gasteiger partial charge in [0.05, 0.1) is 28.9 Å². The number of methoxy groups -OCH3 is 1. The van der Waals surface area contributed by atoms with Crippen LogP contribution in [-0.2, 0) is 11.0 Å². The molecule has 1 aromatic rings. The lowest BCUT2D eigenvalue weighted by Crippen LogP contribution is -2.42. The quantitative estimate of drug-likeness (QED) is 0.713. The highest BCUT2D eigenvalue weighted by molar-refractivity contribution is 7.84. The first-order valence-electron chi connectivity index (χ1n) is 9.19. The minimum atomic E-state index is -1.03. The minimum Gasteiger partial charge on any atom is -0.497 e. The van der Waals surface area contributed by atoms with E-state index in [1.54, 1.807) is 7.11 Å². The molecule has 2 aliphatic rings. The third-order valence-corrected chi connectivity index (χ3v) is 5.96. The minimum absolute atomic E-state index is 0. The molecule has 0 aliphatic heterocycles. The van der Waals surface area contributed by atoms with Crippen LogP contribution in [0.1, 0.15) is 60.9 Å². The van der Waals surface area contributed by atoms with Crippen molar-refractivity contribution >= 4 is 16.6 Å². The van der Waals surface area contributed by atoms with Crippen LogP contribution in [0, 0.1) is 5.92 Å². The molecule has 3 nitrogen and oxygen atoms in total.